The molecule has 0 bridgehead atoms. The number of ether oxygens (including phenoxy) is 2. The molecule has 3 aromatic rings. The quantitative estimate of drug-likeness (QED) is 0.737. The molecule has 0 N–H and O–H groups in total. The summed E-state index contributed by atoms with van der Waals surface area (Å²) in [6.45, 7) is 4.44. The van der Waals surface area contributed by atoms with Gasteiger partial charge in [-0.05, 0) is 37.8 Å². The second-order valence-electron chi connectivity index (χ2n) is 6.32. The molecule has 1 fully saturated rings. The van der Waals surface area contributed by atoms with Gasteiger partial charge in [0, 0.05) is 24.8 Å². The predicted molar refractivity (Wildman–Crippen MR) is 92.2 cm³/mol. The Labute approximate surface area is 141 Å². The third-order valence-electron chi connectivity index (χ3n) is 4.46. The monoisotopic (exact) mass is 323 g/mol. The second kappa shape index (κ2) is 6.61. The van der Waals surface area contributed by atoms with E-state index in [2.05, 4.69) is 41.3 Å². The van der Waals surface area contributed by atoms with E-state index in [1.54, 1.807) is 0 Å². The van der Waals surface area contributed by atoms with Crippen molar-refractivity contribution < 1.29 is 9.47 Å². The van der Waals surface area contributed by atoms with Gasteiger partial charge in [-0.15, -0.1) is 5.10 Å². The van der Waals surface area contributed by atoms with Crippen LogP contribution in [0.25, 0.3) is 16.9 Å². The lowest BCUT2D eigenvalue weighted by molar-refractivity contribution is 0.0488. The molecule has 1 aliphatic rings. The molecule has 0 spiro atoms. The number of rotatable bonds is 4. The number of benzene rings is 1. The number of aryl methyl sites for hydroxylation is 1. The molecular weight excluding hydrogens is 302 g/mol. The maximum absolute atomic E-state index is 5.92. The molecule has 2 aromatic heterocycles. The topological polar surface area (TPSA) is 48.7 Å². The average Bonchev–Trinajstić information content (AvgIpc) is 3.04. The SMILES string of the molecule is Cc1cccc(-c2cnc3ccc(OCC4CCOCC4)nn23)c1. The van der Waals surface area contributed by atoms with Crippen LogP contribution >= 0.6 is 0 Å². The van der Waals surface area contributed by atoms with Crippen molar-refractivity contribution in [3.8, 4) is 17.1 Å². The predicted octanol–water partition coefficient (Wildman–Crippen LogP) is 3.51. The zero-order valence-corrected chi connectivity index (χ0v) is 13.8. The van der Waals surface area contributed by atoms with Gasteiger partial charge in [-0.1, -0.05) is 23.8 Å². The Balaban J connectivity index is 1.58. The number of hydrogen-bond donors (Lipinski definition) is 0. The summed E-state index contributed by atoms with van der Waals surface area (Å²) in [5.74, 6) is 1.19. The van der Waals surface area contributed by atoms with Crippen LogP contribution in [0.1, 0.15) is 18.4 Å². The van der Waals surface area contributed by atoms with Crippen LogP contribution in [0.3, 0.4) is 0 Å². The van der Waals surface area contributed by atoms with Crippen molar-refractivity contribution >= 4 is 5.65 Å². The first-order valence-electron chi connectivity index (χ1n) is 8.42. The molecule has 0 unspecified atom stereocenters. The second-order valence-corrected chi connectivity index (χ2v) is 6.32. The number of imidazole rings is 1. The van der Waals surface area contributed by atoms with Crippen LogP contribution in [0.5, 0.6) is 5.88 Å². The standard InChI is InChI=1S/C19H21N3O2/c1-14-3-2-4-16(11-14)17-12-20-18-5-6-19(21-22(17)18)24-13-15-7-9-23-10-8-15/h2-6,11-12,15H,7-10,13H2,1H3. The van der Waals surface area contributed by atoms with Crippen LogP contribution in [0.4, 0.5) is 0 Å². The summed E-state index contributed by atoms with van der Waals surface area (Å²) in [5.41, 5.74) is 4.13. The summed E-state index contributed by atoms with van der Waals surface area (Å²) in [6, 6.07) is 12.2. The molecule has 124 valence electrons. The molecule has 3 heterocycles. The molecule has 5 nitrogen and oxygen atoms in total. The maximum Gasteiger partial charge on any atom is 0.231 e. The first kappa shape index (κ1) is 15.1. The van der Waals surface area contributed by atoms with Gasteiger partial charge in [0.25, 0.3) is 0 Å². The summed E-state index contributed by atoms with van der Waals surface area (Å²) in [7, 11) is 0. The molecule has 1 saturated heterocycles. The number of nitrogens with zero attached hydrogens (tertiary/aromatic N) is 3. The molecule has 0 atom stereocenters. The van der Waals surface area contributed by atoms with E-state index in [4.69, 9.17) is 9.47 Å². The van der Waals surface area contributed by atoms with Gasteiger partial charge in [0.05, 0.1) is 18.5 Å². The van der Waals surface area contributed by atoms with Crippen molar-refractivity contribution in [1.29, 1.82) is 0 Å². The van der Waals surface area contributed by atoms with E-state index in [9.17, 15) is 0 Å². The van der Waals surface area contributed by atoms with Crippen molar-refractivity contribution in [2.75, 3.05) is 19.8 Å². The molecule has 0 radical (unpaired) electrons. The Morgan fingerprint density at radius 1 is 1.21 bits per heavy atom. The van der Waals surface area contributed by atoms with Crippen LogP contribution in [0, 0.1) is 12.8 Å². The first-order valence-corrected chi connectivity index (χ1v) is 8.42. The third-order valence-corrected chi connectivity index (χ3v) is 4.46. The lowest BCUT2D eigenvalue weighted by atomic mass is 10.0. The molecule has 4 rings (SSSR count). The normalized spacial score (nSPS) is 15.7. The molecule has 24 heavy (non-hydrogen) atoms. The van der Waals surface area contributed by atoms with Gasteiger partial charge in [-0.3, -0.25) is 0 Å². The molecule has 1 aliphatic heterocycles. The Hall–Kier alpha value is -2.40. The molecular formula is C19H21N3O2. The minimum absolute atomic E-state index is 0.551. The van der Waals surface area contributed by atoms with E-state index < -0.39 is 0 Å². The molecule has 1 aromatic carbocycles. The van der Waals surface area contributed by atoms with Gasteiger partial charge in [-0.25, -0.2) is 9.50 Å². The molecule has 0 aliphatic carbocycles. The van der Waals surface area contributed by atoms with Crippen molar-refractivity contribution in [2.45, 2.75) is 19.8 Å². The van der Waals surface area contributed by atoms with Crippen LogP contribution in [0.15, 0.2) is 42.6 Å². The van der Waals surface area contributed by atoms with Gasteiger partial charge in [0.15, 0.2) is 5.65 Å². The van der Waals surface area contributed by atoms with E-state index in [-0.39, 0.29) is 0 Å². The molecule has 0 amide bonds. The summed E-state index contributed by atoms with van der Waals surface area (Å²) in [6.07, 6.45) is 3.98. The fourth-order valence-electron chi connectivity index (χ4n) is 3.05. The maximum atomic E-state index is 5.92. The summed E-state index contributed by atoms with van der Waals surface area (Å²) < 4.78 is 13.2. The highest BCUT2D eigenvalue weighted by Crippen LogP contribution is 2.23. The zero-order chi connectivity index (χ0) is 16.4. The van der Waals surface area contributed by atoms with Crippen molar-refractivity contribution in [2.24, 2.45) is 5.92 Å². The Kier molecular flexibility index (Phi) is 4.17. The van der Waals surface area contributed by atoms with Crippen LogP contribution < -0.4 is 4.74 Å². The van der Waals surface area contributed by atoms with E-state index in [0.717, 1.165) is 43.0 Å². The van der Waals surface area contributed by atoms with Crippen LogP contribution in [-0.4, -0.2) is 34.4 Å². The Morgan fingerprint density at radius 3 is 2.92 bits per heavy atom. The highest BCUT2D eigenvalue weighted by molar-refractivity contribution is 5.63. The fraction of sp³-hybridized carbons (Fsp3) is 0.368. The van der Waals surface area contributed by atoms with Gasteiger partial charge in [0.2, 0.25) is 5.88 Å². The minimum atomic E-state index is 0.551. The van der Waals surface area contributed by atoms with Crippen molar-refractivity contribution in [3.63, 3.8) is 0 Å². The number of aromatic nitrogens is 3. The number of hydrogen-bond acceptors (Lipinski definition) is 4. The van der Waals surface area contributed by atoms with E-state index >= 15 is 0 Å². The Bertz CT molecular complexity index is 837. The Morgan fingerprint density at radius 2 is 2.08 bits per heavy atom. The highest BCUT2D eigenvalue weighted by atomic mass is 16.5. The van der Waals surface area contributed by atoms with Gasteiger partial charge in [-0.2, -0.15) is 0 Å². The molecule has 5 heteroatoms. The van der Waals surface area contributed by atoms with Gasteiger partial charge < -0.3 is 9.47 Å². The van der Waals surface area contributed by atoms with E-state index in [1.165, 1.54) is 5.56 Å². The van der Waals surface area contributed by atoms with Crippen molar-refractivity contribution in [3.05, 3.63) is 48.2 Å². The average molecular weight is 323 g/mol. The lowest BCUT2D eigenvalue weighted by Crippen LogP contribution is -2.21. The van der Waals surface area contributed by atoms with Gasteiger partial charge in [0.1, 0.15) is 0 Å². The summed E-state index contributed by atoms with van der Waals surface area (Å²) in [4.78, 5) is 4.44. The minimum Gasteiger partial charge on any atom is -0.476 e. The highest BCUT2D eigenvalue weighted by Gasteiger charge is 2.15. The smallest absolute Gasteiger partial charge is 0.231 e. The van der Waals surface area contributed by atoms with Crippen LogP contribution in [-0.2, 0) is 4.74 Å². The van der Waals surface area contributed by atoms with Gasteiger partial charge >= 0.3 is 0 Å². The fourth-order valence-corrected chi connectivity index (χ4v) is 3.05. The largest absolute Gasteiger partial charge is 0.476 e. The summed E-state index contributed by atoms with van der Waals surface area (Å²) in [5, 5.41) is 4.63. The van der Waals surface area contributed by atoms with Crippen molar-refractivity contribution in [1.82, 2.24) is 14.6 Å². The third kappa shape index (κ3) is 3.12. The van der Waals surface area contributed by atoms with E-state index in [1.807, 2.05) is 22.8 Å². The summed E-state index contributed by atoms with van der Waals surface area (Å²) >= 11 is 0. The number of fused-ring (bicyclic) bond motifs is 1. The zero-order valence-electron chi connectivity index (χ0n) is 13.8. The molecule has 0 saturated carbocycles. The van der Waals surface area contributed by atoms with Crippen LogP contribution in [0.2, 0.25) is 0 Å². The first-order chi connectivity index (χ1) is 11.8. The van der Waals surface area contributed by atoms with E-state index in [0.29, 0.717) is 18.4 Å². The lowest BCUT2D eigenvalue weighted by Gasteiger charge is -2.21.